The summed E-state index contributed by atoms with van der Waals surface area (Å²) in [5.74, 6) is 0. The summed E-state index contributed by atoms with van der Waals surface area (Å²) < 4.78 is 0. The highest BCUT2D eigenvalue weighted by atomic mass is 35.5. The maximum atomic E-state index is 9.00. The summed E-state index contributed by atoms with van der Waals surface area (Å²) in [4.78, 5) is 0. The Kier molecular flexibility index (Phi) is 4.22. The van der Waals surface area contributed by atoms with Crippen LogP contribution in [0.25, 0.3) is 0 Å². The summed E-state index contributed by atoms with van der Waals surface area (Å²) in [5.41, 5.74) is 1.06. The van der Waals surface area contributed by atoms with Gasteiger partial charge in [0, 0.05) is 18.1 Å². The topological polar surface area (TPSA) is 32.3 Å². The Labute approximate surface area is 83.5 Å². The van der Waals surface area contributed by atoms with Crippen LogP contribution in [0, 0.1) is 0 Å². The highest BCUT2D eigenvalue weighted by molar-refractivity contribution is 6.31. The molecule has 0 spiro atoms. The van der Waals surface area contributed by atoms with Gasteiger partial charge in [-0.2, -0.15) is 0 Å². The normalized spacial score (nSPS) is 12.8. The van der Waals surface area contributed by atoms with Crippen LogP contribution < -0.4 is 5.32 Å². The summed E-state index contributed by atoms with van der Waals surface area (Å²) in [5, 5.41) is 12.9. The van der Waals surface area contributed by atoms with Crippen LogP contribution in [-0.2, 0) is 6.54 Å². The Balaban J connectivity index is 2.41. The number of rotatable bonds is 4. The number of halogens is 1. The lowest BCUT2D eigenvalue weighted by Gasteiger charge is -2.07. The minimum Gasteiger partial charge on any atom is -0.392 e. The maximum Gasteiger partial charge on any atom is 0.0636 e. The van der Waals surface area contributed by atoms with E-state index in [1.807, 2.05) is 24.3 Å². The van der Waals surface area contributed by atoms with Gasteiger partial charge in [0.1, 0.15) is 0 Å². The molecule has 1 atom stereocenters. The molecular formula is C10H14ClNO. The molecule has 1 unspecified atom stereocenters. The smallest absolute Gasteiger partial charge is 0.0636 e. The van der Waals surface area contributed by atoms with E-state index >= 15 is 0 Å². The standard InChI is InChI=1S/C10H14ClNO/c1-8(13)6-12-7-9-4-2-3-5-10(9)11/h2-5,8,12-13H,6-7H2,1H3. The molecule has 1 rings (SSSR count). The molecule has 0 aliphatic rings. The number of nitrogens with one attached hydrogen (secondary N) is 1. The molecule has 0 aliphatic heterocycles. The second kappa shape index (κ2) is 5.22. The highest BCUT2D eigenvalue weighted by Gasteiger charge is 1.98. The van der Waals surface area contributed by atoms with E-state index in [4.69, 9.17) is 16.7 Å². The number of hydrogen-bond donors (Lipinski definition) is 2. The van der Waals surface area contributed by atoms with Gasteiger partial charge in [0.25, 0.3) is 0 Å². The molecular weight excluding hydrogens is 186 g/mol. The van der Waals surface area contributed by atoms with Crippen LogP contribution >= 0.6 is 11.6 Å². The van der Waals surface area contributed by atoms with Crippen molar-refractivity contribution in [2.45, 2.75) is 19.6 Å². The van der Waals surface area contributed by atoms with Crippen LogP contribution in [0.3, 0.4) is 0 Å². The van der Waals surface area contributed by atoms with E-state index < -0.39 is 0 Å². The molecule has 0 heterocycles. The maximum absolute atomic E-state index is 9.00. The lowest BCUT2D eigenvalue weighted by atomic mass is 10.2. The Morgan fingerprint density at radius 3 is 2.77 bits per heavy atom. The Hall–Kier alpha value is -0.570. The first-order valence-corrected chi connectivity index (χ1v) is 4.70. The third-order valence-electron chi connectivity index (χ3n) is 1.71. The van der Waals surface area contributed by atoms with Gasteiger partial charge in [-0.25, -0.2) is 0 Å². The van der Waals surface area contributed by atoms with Crippen molar-refractivity contribution in [3.05, 3.63) is 34.9 Å². The fourth-order valence-corrected chi connectivity index (χ4v) is 1.26. The van der Waals surface area contributed by atoms with Gasteiger partial charge in [0.15, 0.2) is 0 Å². The molecule has 0 radical (unpaired) electrons. The lowest BCUT2D eigenvalue weighted by molar-refractivity contribution is 0.191. The van der Waals surface area contributed by atoms with Gasteiger partial charge in [0.2, 0.25) is 0 Å². The van der Waals surface area contributed by atoms with Gasteiger partial charge in [-0.3, -0.25) is 0 Å². The number of aliphatic hydroxyl groups is 1. The van der Waals surface area contributed by atoms with Crippen LogP contribution in [0.2, 0.25) is 5.02 Å². The van der Waals surface area contributed by atoms with Crippen LogP contribution in [0.15, 0.2) is 24.3 Å². The second-order valence-corrected chi connectivity index (χ2v) is 3.48. The Morgan fingerprint density at radius 1 is 1.46 bits per heavy atom. The molecule has 0 amide bonds. The molecule has 1 aromatic carbocycles. The highest BCUT2D eigenvalue weighted by Crippen LogP contribution is 2.13. The lowest BCUT2D eigenvalue weighted by Crippen LogP contribution is -2.23. The van der Waals surface area contributed by atoms with Gasteiger partial charge in [-0.1, -0.05) is 29.8 Å². The van der Waals surface area contributed by atoms with Crippen molar-refractivity contribution in [2.24, 2.45) is 0 Å². The average molecular weight is 200 g/mol. The van der Waals surface area contributed by atoms with Crippen molar-refractivity contribution in [3.8, 4) is 0 Å². The SMILES string of the molecule is CC(O)CNCc1ccccc1Cl. The van der Waals surface area contributed by atoms with E-state index in [9.17, 15) is 0 Å². The van der Waals surface area contributed by atoms with Crippen LogP contribution in [0.5, 0.6) is 0 Å². The van der Waals surface area contributed by atoms with E-state index in [0.29, 0.717) is 13.1 Å². The summed E-state index contributed by atoms with van der Waals surface area (Å²) in [6.07, 6.45) is -0.317. The summed E-state index contributed by atoms with van der Waals surface area (Å²) in [6, 6.07) is 7.68. The molecule has 3 heteroatoms. The van der Waals surface area contributed by atoms with Crippen LogP contribution in [0.4, 0.5) is 0 Å². The summed E-state index contributed by atoms with van der Waals surface area (Å²) in [7, 11) is 0. The number of hydrogen-bond acceptors (Lipinski definition) is 2. The van der Waals surface area contributed by atoms with Crippen molar-refractivity contribution >= 4 is 11.6 Å². The average Bonchev–Trinajstić information content (AvgIpc) is 2.08. The number of benzene rings is 1. The van der Waals surface area contributed by atoms with Gasteiger partial charge >= 0.3 is 0 Å². The monoisotopic (exact) mass is 199 g/mol. The van der Waals surface area contributed by atoms with Gasteiger partial charge < -0.3 is 10.4 Å². The van der Waals surface area contributed by atoms with Gasteiger partial charge in [0.05, 0.1) is 6.10 Å². The molecule has 0 saturated carbocycles. The summed E-state index contributed by atoms with van der Waals surface area (Å²) in [6.45, 7) is 3.04. The van der Waals surface area contributed by atoms with Crippen molar-refractivity contribution < 1.29 is 5.11 Å². The molecule has 0 fully saturated rings. The fourth-order valence-electron chi connectivity index (χ4n) is 1.06. The minimum atomic E-state index is -0.317. The molecule has 2 nitrogen and oxygen atoms in total. The van der Waals surface area contributed by atoms with E-state index in [2.05, 4.69) is 5.32 Å². The van der Waals surface area contributed by atoms with E-state index in [1.54, 1.807) is 6.92 Å². The first kappa shape index (κ1) is 10.5. The van der Waals surface area contributed by atoms with Gasteiger partial charge in [-0.05, 0) is 18.6 Å². The van der Waals surface area contributed by atoms with E-state index in [0.717, 1.165) is 10.6 Å². The van der Waals surface area contributed by atoms with Crippen molar-refractivity contribution in [3.63, 3.8) is 0 Å². The molecule has 0 aromatic heterocycles. The predicted octanol–water partition coefficient (Wildman–Crippen LogP) is 1.81. The molecule has 1 aromatic rings. The summed E-state index contributed by atoms with van der Waals surface area (Å²) >= 11 is 5.94. The first-order valence-electron chi connectivity index (χ1n) is 4.32. The minimum absolute atomic E-state index is 0.317. The molecule has 72 valence electrons. The van der Waals surface area contributed by atoms with Crippen molar-refractivity contribution in [1.82, 2.24) is 5.32 Å². The zero-order chi connectivity index (χ0) is 9.68. The Morgan fingerprint density at radius 2 is 2.15 bits per heavy atom. The van der Waals surface area contributed by atoms with Crippen LogP contribution in [0.1, 0.15) is 12.5 Å². The Bertz CT molecular complexity index is 263. The molecule has 0 saturated heterocycles. The van der Waals surface area contributed by atoms with Crippen molar-refractivity contribution in [1.29, 1.82) is 0 Å². The van der Waals surface area contributed by atoms with Crippen molar-refractivity contribution in [2.75, 3.05) is 6.54 Å². The quantitative estimate of drug-likeness (QED) is 0.776. The van der Waals surface area contributed by atoms with E-state index in [1.165, 1.54) is 0 Å². The third kappa shape index (κ3) is 3.77. The van der Waals surface area contributed by atoms with E-state index in [-0.39, 0.29) is 6.10 Å². The zero-order valence-electron chi connectivity index (χ0n) is 7.63. The third-order valence-corrected chi connectivity index (χ3v) is 2.08. The predicted molar refractivity (Wildman–Crippen MR) is 54.8 cm³/mol. The largest absolute Gasteiger partial charge is 0.392 e. The molecule has 13 heavy (non-hydrogen) atoms. The molecule has 0 bridgehead atoms. The zero-order valence-corrected chi connectivity index (χ0v) is 8.38. The molecule has 0 aliphatic carbocycles. The van der Waals surface area contributed by atoms with Crippen LogP contribution in [-0.4, -0.2) is 17.8 Å². The first-order chi connectivity index (χ1) is 6.20. The second-order valence-electron chi connectivity index (χ2n) is 3.07. The molecule has 2 N–H and O–H groups in total. The fraction of sp³-hybridized carbons (Fsp3) is 0.400. The number of aliphatic hydroxyl groups excluding tert-OH is 1. The van der Waals surface area contributed by atoms with Gasteiger partial charge in [-0.15, -0.1) is 0 Å².